The lowest BCUT2D eigenvalue weighted by molar-refractivity contribution is -0.138. The maximum Gasteiger partial charge on any atom is 0.416 e. The van der Waals surface area contributed by atoms with Gasteiger partial charge in [0.15, 0.2) is 0 Å². The van der Waals surface area contributed by atoms with Gasteiger partial charge in [-0.3, -0.25) is 10.5 Å². The predicted octanol–water partition coefficient (Wildman–Crippen LogP) is 3.41. The third kappa shape index (κ3) is 3.23. The van der Waals surface area contributed by atoms with Crippen molar-refractivity contribution >= 4 is 27.5 Å². The number of nitrogens with two attached hydrogens (primary N) is 1. The van der Waals surface area contributed by atoms with Crippen LogP contribution < -0.4 is 11.3 Å². The van der Waals surface area contributed by atoms with Crippen LogP contribution in [0.2, 0.25) is 5.02 Å². The van der Waals surface area contributed by atoms with Gasteiger partial charge in [0.2, 0.25) is 0 Å². The van der Waals surface area contributed by atoms with Crippen molar-refractivity contribution in [3.05, 3.63) is 50.7 Å². The molecule has 2 rings (SSSR count). The molecule has 4 nitrogen and oxygen atoms in total. The van der Waals surface area contributed by atoms with E-state index in [4.69, 9.17) is 17.4 Å². The van der Waals surface area contributed by atoms with Gasteiger partial charge < -0.3 is 0 Å². The van der Waals surface area contributed by atoms with Crippen molar-refractivity contribution in [1.82, 2.24) is 15.2 Å². The maximum absolute atomic E-state index is 13.2. The van der Waals surface area contributed by atoms with Crippen molar-refractivity contribution in [2.45, 2.75) is 12.2 Å². The number of alkyl halides is 3. The van der Waals surface area contributed by atoms with Gasteiger partial charge in [-0.05, 0) is 17.7 Å². The summed E-state index contributed by atoms with van der Waals surface area (Å²) in [5, 5.41) is 4.15. The van der Waals surface area contributed by atoms with Gasteiger partial charge in [-0.25, -0.2) is 5.43 Å². The molecule has 0 aliphatic rings. The minimum Gasteiger partial charge on any atom is -0.271 e. The molecule has 3 N–H and O–H groups in total. The molecule has 0 aliphatic carbocycles. The summed E-state index contributed by atoms with van der Waals surface area (Å²) in [5.41, 5.74) is 1.90. The summed E-state index contributed by atoms with van der Waals surface area (Å²) < 4.78 is 41.4. The molecule has 1 aromatic heterocycles. The van der Waals surface area contributed by atoms with Gasteiger partial charge in [0.1, 0.15) is 0 Å². The second-order valence-electron chi connectivity index (χ2n) is 4.33. The van der Waals surface area contributed by atoms with E-state index in [0.29, 0.717) is 10.2 Å². The molecule has 9 heteroatoms. The van der Waals surface area contributed by atoms with E-state index in [-0.39, 0.29) is 10.6 Å². The molecule has 0 saturated heterocycles. The second kappa shape index (κ2) is 5.96. The van der Waals surface area contributed by atoms with Crippen LogP contribution in [0, 0.1) is 0 Å². The lowest BCUT2D eigenvalue weighted by atomic mass is 9.98. The Kier molecular flexibility index (Phi) is 4.62. The van der Waals surface area contributed by atoms with Gasteiger partial charge in [-0.15, -0.1) is 0 Å². The van der Waals surface area contributed by atoms with Gasteiger partial charge in [0.25, 0.3) is 0 Å². The quantitative estimate of drug-likeness (QED) is 0.631. The first-order chi connectivity index (χ1) is 9.75. The zero-order valence-corrected chi connectivity index (χ0v) is 13.1. The van der Waals surface area contributed by atoms with E-state index in [1.165, 1.54) is 23.0 Å². The molecule has 21 heavy (non-hydrogen) atoms. The van der Waals surface area contributed by atoms with Crippen molar-refractivity contribution in [3.63, 3.8) is 0 Å². The van der Waals surface area contributed by atoms with E-state index >= 15 is 0 Å². The van der Waals surface area contributed by atoms with Crippen LogP contribution in [0.3, 0.4) is 0 Å². The normalized spacial score (nSPS) is 13.5. The molecule has 2 aromatic rings. The average Bonchev–Trinajstić information content (AvgIpc) is 2.72. The van der Waals surface area contributed by atoms with Gasteiger partial charge >= 0.3 is 6.18 Å². The van der Waals surface area contributed by atoms with Crippen molar-refractivity contribution in [3.8, 4) is 0 Å². The minimum atomic E-state index is -4.51. The monoisotopic (exact) mass is 382 g/mol. The molecule has 1 atom stereocenters. The zero-order valence-electron chi connectivity index (χ0n) is 10.7. The van der Waals surface area contributed by atoms with Crippen LogP contribution in [0.15, 0.2) is 28.9 Å². The predicted molar refractivity (Wildman–Crippen MR) is 76.5 cm³/mol. The number of halogens is 5. The van der Waals surface area contributed by atoms with Crippen molar-refractivity contribution in [2.75, 3.05) is 0 Å². The Morgan fingerprint density at radius 3 is 2.57 bits per heavy atom. The molecule has 0 saturated carbocycles. The molecule has 1 unspecified atom stereocenters. The van der Waals surface area contributed by atoms with Gasteiger partial charge in [0, 0.05) is 11.5 Å². The van der Waals surface area contributed by atoms with Crippen LogP contribution in [0.25, 0.3) is 0 Å². The maximum atomic E-state index is 13.2. The molecule has 0 bridgehead atoms. The highest BCUT2D eigenvalue weighted by molar-refractivity contribution is 9.10. The average molecular weight is 384 g/mol. The van der Waals surface area contributed by atoms with E-state index in [0.717, 1.165) is 6.07 Å². The van der Waals surface area contributed by atoms with Gasteiger partial charge in [0.05, 0.1) is 28.5 Å². The smallest absolute Gasteiger partial charge is 0.271 e. The highest BCUT2D eigenvalue weighted by Crippen LogP contribution is 2.39. The Morgan fingerprint density at radius 1 is 1.43 bits per heavy atom. The summed E-state index contributed by atoms with van der Waals surface area (Å²) in [6, 6.07) is 2.93. The number of aryl methyl sites for hydroxylation is 1. The van der Waals surface area contributed by atoms with Gasteiger partial charge in [-0.2, -0.15) is 18.3 Å². The number of benzene rings is 1. The van der Waals surface area contributed by atoms with Crippen LogP contribution in [0.1, 0.15) is 22.9 Å². The largest absolute Gasteiger partial charge is 0.416 e. The molecule has 0 radical (unpaired) electrons. The Morgan fingerprint density at radius 2 is 2.10 bits per heavy atom. The van der Waals surface area contributed by atoms with Crippen LogP contribution in [-0.4, -0.2) is 9.78 Å². The number of hydrogen-bond acceptors (Lipinski definition) is 3. The topological polar surface area (TPSA) is 55.9 Å². The lowest BCUT2D eigenvalue weighted by Crippen LogP contribution is -2.32. The molecule has 0 aliphatic heterocycles. The first-order valence-electron chi connectivity index (χ1n) is 5.76. The standard InChI is InChI=1S/C12H11BrClF3N4/c1-21-11(9(14)5-19-21)10(20-18)7-3-2-6(13)4-8(7)12(15,16)17/h2-5,10,20H,18H2,1H3. The highest BCUT2D eigenvalue weighted by atomic mass is 79.9. The minimum absolute atomic E-state index is 0.0290. The van der Waals surface area contributed by atoms with Crippen molar-refractivity contribution < 1.29 is 13.2 Å². The molecule has 1 heterocycles. The molecule has 1 aromatic carbocycles. The van der Waals surface area contributed by atoms with Crippen LogP contribution >= 0.6 is 27.5 Å². The molecular weight excluding hydrogens is 373 g/mol. The summed E-state index contributed by atoms with van der Waals surface area (Å²) in [7, 11) is 1.58. The number of rotatable bonds is 3. The summed E-state index contributed by atoms with van der Waals surface area (Å²) in [6.07, 6.45) is -3.16. The summed E-state index contributed by atoms with van der Waals surface area (Å²) in [4.78, 5) is 0. The fourth-order valence-electron chi connectivity index (χ4n) is 2.09. The Balaban J connectivity index is 2.64. The molecular formula is C12H11BrClF3N4. The fourth-order valence-corrected chi connectivity index (χ4v) is 2.72. The van der Waals surface area contributed by atoms with Crippen LogP contribution in [-0.2, 0) is 13.2 Å². The number of nitrogens with zero attached hydrogens (tertiary/aromatic N) is 2. The summed E-state index contributed by atoms with van der Waals surface area (Å²) >= 11 is 9.04. The number of nitrogens with one attached hydrogen (secondary N) is 1. The second-order valence-corrected chi connectivity index (χ2v) is 5.65. The van der Waals surface area contributed by atoms with Crippen LogP contribution in [0.5, 0.6) is 0 Å². The third-order valence-electron chi connectivity index (χ3n) is 3.01. The van der Waals surface area contributed by atoms with Crippen LogP contribution in [0.4, 0.5) is 13.2 Å². The molecule has 0 amide bonds. The van der Waals surface area contributed by atoms with E-state index in [2.05, 4.69) is 26.5 Å². The molecule has 0 spiro atoms. The lowest BCUT2D eigenvalue weighted by Gasteiger charge is -2.22. The highest BCUT2D eigenvalue weighted by Gasteiger charge is 2.36. The Bertz CT molecular complexity index is 637. The van der Waals surface area contributed by atoms with E-state index in [9.17, 15) is 13.2 Å². The SMILES string of the molecule is Cn1ncc(Cl)c1C(NN)c1ccc(Br)cc1C(F)(F)F. The first kappa shape index (κ1) is 16.3. The van der Waals surface area contributed by atoms with Gasteiger partial charge in [-0.1, -0.05) is 33.6 Å². The number of hydrogen-bond donors (Lipinski definition) is 2. The Labute approximate surface area is 132 Å². The third-order valence-corrected chi connectivity index (χ3v) is 3.79. The van der Waals surface area contributed by atoms with E-state index < -0.39 is 17.8 Å². The zero-order chi connectivity index (χ0) is 15.8. The van der Waals surface area contributed by atoms with Crippen molar-refractivity contribution in [2.24, 2.45) is 12.9 Å². The number of hydrazine groups is 1. The summed E-state index contributed by atoms with van der Waals surface area (Å²) in [5.74, 6) is 5.46. The molecule has 0 fully saturated rings. The van der Waals surface area contributed by atoms with E-state index in [1.807, 2.05) is 0 Å². The summed E-state index contributed by atoms with van der Waals surface area (Å²) in [6.45, 7) is 0. The molecule has 114 valence electrons. The van der Waals surface area contributed by atoms with E-state index in [1.54, 1.807) is 7.05 Å². The first-order valence-corrected chi connectivity index (χ1v) is 6.93. The fraction of sp³-hybridized carbons (Fsp3) is 0.250. The van der Waals surface area contributed by atoms with Crippen molar-refractivity contribution in [1.29, 1.82) is 0 Å². The number of aromatic nitrogens is 2. The Hall–Kier alpha value is -1.09.